The molecule has 0 saturated carbocycles. The van der Waals surface area contributed by atoms with E-state index < -0.39 is 0 Å². The monoisotopic (exact) mass is 674 g/mol. The minimum absolute atomic E-state index is 0.876. The van der Waals surface area contributed by atoms with Crippen molar-refractivity contribution >= 4 is 65.2 Å². The molecule has 0 saturated heterocycles. The Balaban J connectivity index is 1.10. The van der Waals surface area contributed by atoms with Crippen molar-refractivity contribution in [3.05, 3.63) is 182 Å². The van der Waals surface area contributed by atoms with Gasteiger partial charge in [0.2, 0.25) is 0 Å². The number of ether oxygens (including phenoxy) is 1. The standard InChI is InChI=1S/C50H30N2O/c1-2-15-33(16-3-1)51-42-23-8-6-18-37(42)49-39-22-11-21-36-40-29-32(27-28-46(40)53-47(50(36)39)30-45(49)51)35-20-12-26-44-48(35)38-19-7-9-24-43(38)52(44)41-25-10-14-31-13-4-5-17-34(31)41/h1-30H. The fraction of sp³-hybridized carbons (Fsp3) is 0. The fourth-order valence-electron chi connectivity index (χ4n) is 9.10. The van der Waals surface area contributed by atoms with Crippen LogP contribution in [0.4, 0.5) is 0 Å². The van der Waals surface area contributed by atoms with E-state index in [0.717, 1.165) is 33.7 Å². The molecular weight excluding hydrogens is 645 g/mol. The maximum Gasteiger partial charge on any atom is 0.138 e. The molecule has 0 N–H and O–H groups in total. The first-order valence-corrected chi connectivity index (χ1v) is 18.2. The fourth-order valence-corrected chi connectivity index (χ4v) is 9.10. The van der Waals surface area contributed by atoms with Crippen molar-refractivity contribution in [1.29, 1.82) is 0 Å². The highest BCUT2D eigenvalue weighted by atomic mass is 16.5. The van der Waals surface area contributed by atoms with Gasteiger partial charge in [-0.3, -0.25) is 0 Å². The van der Waals surface area contributed by atoms with Crippen LogP contribution >= 0.6 is 0 Å². The van der Waals surface area contributed by atoms with Gasteiger partial charge in [0.1, 0.15) is 11.5 Å². The second kappa shape index (κ2) is 10.7. The second-order valence-corrected chi connectivity index (χ2v) is 14.0. The van der Waals surface area contributed by atoms with Crippen molar-refractivity contribution in [3.8, 4) is 45.1 Å². The molecule has 12 rings (SSSR count). The summed E-state index contributed by atoms with van der Waals surface area (Å²) in [5.41, 5.74) is 11.7. The molecule has 246 valence electrons. The number of rotatable bonds is 3. The van der Waals surface area contributed by atoms with E-state index in [1.165, 1.54) is 76.6 Å². The lowest BCUT2D eigenvalue weighted by Gasteiger charge is -2.23. The van der Waals surface area contributed by atoms with Gasteiger partial charge in [-0.2, -0.15) is 0 Å². The van der Waals surface area contributed by atoms with E-state index >= 15 is 0 Å². The number of hydrogen-bond donors (Lipinski definition) is 0. The van der Waals surface area contributed by atoms with Gasteiger partial charge in [-0.05, 0) is 76.0 Å². The molecule has 0 spiro atoms. The SMILES string of the molecule is c1ccc(-n2c3ccccc3c3c4cccc5c4c(cc32)Oc2ccc(-c3cccc4c3c3ccccc3n4-c3cccc4ccccc34)cc2-5)cc1. The Morgan fingerprint density at radius 1 is 0.340 bits per heavy atom. The lowest BCUT2D eigenvalue weighted by atomic mass is 9.90. The number of para-hydroxylation sites is 3. The minimum atomic E-state index is 0.876. The van der Waals surface area contributed by atoms with Crippen LogP contribution in [0.5, 0.6) is 11.5 Å². The zero-order chi connectivity index (χ0) is 34.6. The summed E-state index contributed by atoms with van der Waals surface area (Å²) in [6.07, 6.45) is 0. The summed E-state index contributed by atoms with van der Waals surface area (Å²) in [7, 11) is 0. The van der Waals surface area contributed by atoms with Crippen LogP contribution in [-0.2, 0) is 0 Å². The highest BCUT2D eigenvalue weighted by Crippen LogP contribution is 2.52. The third-order valence-electron chi connectivity index (χ3n) is 11.3. The Morgan fingerprint density at radius 2 is 0.981 bits per heavy atom. The van der Waals surface area contributed by atoms with Crippen molar-refractivity contribution in [1.82, 2.24) is 9.13 Å². The molecule has 0 aliphatic carbocycles. The van der Waals surface area contributed by atoms with Crippen molar-refractivity contribution in [2.75, 3.05) is 0 Å². The maximum atomic E-state index is 6.88. The summed E-state index contributed by atoms with van der Waals surface area (Å²) in [6, 6.07) is 65.8. The molecule has 0 unspecified atom stereocenters. The average Bonchev–Trinajstić information content (AvgIpc) is 3.74. The van der Waals surface area contributed by atoms with Gasteiger partial charge in [-0.25, -0.2) is 0 Å². The van der Waals surface area contributed by atoms with Gasteiger partial charge in [0.05, 0.1) is 27.8 Å². The lowest BCUT2D eigenvalue weighted by molar-refractivity contribution is 0.487. The molecule has 1 aliphatic heterocycles. The summed E-state index contributed by atoms with van der Waals surface area (Å²) in [5.74, 6) is 1.77. The summed E-state index contributed by atoms with van der Waals surface area (Å²) < 4.78 is 11.7. The third kappa shape index (κ3) is 3.94. The van der Waals surface area contributed by atoms with Crippen LogP contribution in [0.1, 0.15) is 0 Å². The first-order chi connectivity index (χ1) is 26.3. The Kier molecular flexibility index (Phi) is 5.77. The average molecular weight is 675 g/mol. The Bertz CT molecular complexity index is 3310. The molecule has 53 heavy (non-hydrogen) atoms. The largest absolute Gasteiger partial charge is 0.456 e. The zero-order valence-electron chi connectivity index (χ0n) is 28.6. The topological polar surface area (TPSA) is 19.1 Å². The predicted molar refractivity (Wildman–Crippen MR) is 221 cm³/mol. The molecule has 1 aliphatic rings. The summed E-state index contributed by atoms with van der Waals surface area (Å²) in [6.45, 7) is 0. The molecule has 9 aromatic carbocycles. The molecule has 0 amide bonds. The smallest absolute Gasteiger partial charge is 0.138 e. The molecule has 3 nitrogen and oxygen atoms in total. The number of hydrogen-bond acceptors (Lipinski definition) is 1. The van der Waals surface area contributed by atoms with Gasteiger partial charge in [-0.1, -0.05) is 127 Å². The number of fused-ring (bicyclic) bond motifs is 10. The van der Waals surface area contributed by atoms with Crippen LogP contribution in [0.15, 0.2) is 182 Å². The molecule has 0 atom stereocenters. The third-order valence-corrected chi connectivity index (χ3v) is 11.3. The van der Waals surface area contributed by atoms with E-state index in [1.807, 2.05) is 0 Å². The van der Waals surface area contributed by atoms with E-state index in [4.69, 9.17) is 4.74 Å². The van der Waals surface area contributed by atoms with Gasteiger partial charge in [0.15, 0.2) is 0 Å². The first kappa shape index (κ1) is 28.6. The van der Waals surface area contributed by atoms with Crippen LogP contribution in [0, 0.1) is 0 Å². The highest BCUT2D eigenvalue weighted by Gasteiger charge is 2.26. The van der Waals surface area contributed by atoms with Gasteiger partial charge in [0, 0.05) is 49.6 Å². The molecule has 0 radical (unpaired) electrons. The second-order valence-electron chi connectivity index (χ2n) is 14.0. The molecule has 0 fully saturated rings. The predicted octanol–water partition coefficient (Wildman–Crippen LogP) is 13.6. The van der Waals surface area contributed by atoms with E-state index in [0.29, 0.717) is 0 Å². The van der Waals surface area contributed by atoms with Crippen LogP contribution in [-0.4, -0.2) is 9.13 Å². The van der Waals surface area contributed by atoms with Gasteiger partial charge < -0.3 is 13.9 Å². The van der Waals surface area contributed by atoms with Crippen LogP contribution < -0.4 is 4.74 Å². The zero-order valence-corrected chi connectivity index (χ0v) is 28.6. The van der Waals surface area contributed by atoms with E-state index in [-0.39, 0.29) is 0 Å². The summed E-state index contributed by atoms with van der Waals surface area (Å²) in [4.78, 5) is 0. The van der Waals surface area contributed by atoms with Crippen molar-refractivity contribution in [2.24, 2.45) is 0 Å². The summed E-state index contributed by atoms with van der Waals surface area (Å²) >= 11 is 0. The quantitative estimate of drug-likeness (QED) is 0.183. The van der Waals surface area contributed by atoms with E-state index in [9.17, 15) is 0 Å². The summed E-state index contributed by atoms with van der Waals surface area (Å²) in [5, 5.41) is 9.82. The Labute approximate surface area is 305 Å². The molecule has 3 heteroatoms. The van der Waals surface area contributed by atoms with Crippen molar-refractivity contribution in [3.63, 3.8) is 0 Å². The van der Waals surface area contributed by atoms with E-state index in [2.05, 4.69) is 191 Å². The normalized spacial score (nSPS) is 12.3. The highest BCUT2D eigenvalue weighted by molar-refractivity contribution is 6.25. The van der Waals surface area contributed by atoms with Crippen LogP contribution in [0.2, 0.25) is 0 Å². The lowest BCUT2D eigenvalue weighted by Crippen LogP contribution is -1.99. The molecular formula is C50H30N2O. The van der Waals surface area contributed by atoms with Crippen LogP contribution in [0.25, 0.3) is 98.8 Å². The number of aromatic nitrogens is 2. The maximum absolute atomic E-state index is 6.88. The number of nitrogens with zero attached hydrogens (tertiary/aromatic N) is 2. The molecule has 2 aromatic heterocycles. The molecule has 3 heterocycles. The molecule has 0 bridgehead atoms. The number of benzene rings is 9. The molecule has 11 aromatic rings. The van der Waals surface area contributed by atoms with Gasteiger partial charge in [-0.15, -0.1) is 0 Å². The van der Waals surface area contributed by atoms with Crippen LogP contribution in [0.3, 0.4) is 0 Å². The Morgan fingerprint density at radius 3 is 1.85 bits per heavy atom. The first-order valence-electron chi connectivity index (χ1n) is 18.2. The Hall–Kier alpha value is -7.10. The van der Waals surface area contributed by atoms with Crippen molar-refractivity contribution < 1.29 is 4.74 Å². The van der Waals surface area contributed by atoms with Crippen molar-refractivity contribution in [2.45, 2.75) is 0 Å². The van der Waals surface area contributed by atoms with Gasteiger partial charge >= 0.3 is 0 Å². The minimum Gasteiger partial charge on any atom is -0.456 e. The van der Waals surface area contributed by atoms with Gasteiger partial charge in [0.25, 0.3) is 0 Å². The van der Waals surface area contributed by atoms with E-state index in [1.54, 1.807) is 0 Å².